The minimum Gasteiger partial charge on any atom is -0.462 e. The number of aliphatic hydroxyl groups excluding tert-OH is 1. The fourth-order valence-electron chi connectivity index (χ4n) is 11.5. The molecular weight excluding hydrogens is 1330 g/mol. The standard InChI is InChI=1S/C83H152O17P2/c1-5-9-13-17-21-25-29-33-37-38-42-44-48-52-56-60-64-68-81(86)94-74-79(100-83(88)70-66-62-58-54-50-46-41-36-32-28-24-20-16-12-8-4)76-98-102(91,92)96-72-77(84)71-95-101(89,90)97-75-78(99-82(87)69-65-61-57-53-49-45-40-35-31-27-23-19-15-11-7-3)73-93-80(85)67-63-59-55-51-47-43-39-34-30-26-22-18-14-10-6-2/h24,27-28,31,33-34,36-37,39,41,77-79,84H,5-23,25-26,29-30,32,35,38,40,42-76H2,1-4H3,(H,89,90)(H,91,92)/b28-24-,31-27-,37-33-,39-34-,41-36-/t77?,78-,79-/m1/s1. The highest BCUT2D eigenvalue weighted by Crippen LogP contribution is 2.45. The van der Waals surface area contributed by atoms with Crippen LogP contribution in [0.4, 0.5) is 0 Å². The van der Waals surface area contributed by atoms with Crippen molar-refractivity contribution in [2.45, 2.75) is 406 Å². The van der Waals surface area contributed by atoms with Gasteiger partial charge in [-0.05, 0) is 135 Å². The van der Waals surface area contributed by atoms with Crippen LogP contribution >= 0.6 is 15.6 Å². The minimum atomic E-state index is -4.98. The Balaban J connectivity index is 5.34. The number of ether oxygens (including phenoxy) is 4. The fourth-order valence-corrected chi connectivity index (χ4v) is 13.1. The summed E-state index contributed by atoms with van der Waals surface area (Å²) in [5, 5.41) is 10.6. The summed E-state index contributed by atoms with van der Waals surface area (Å²) in [6.45, 7) is 4.88. The first-order chi connectivity index (χ1) is 49.7. The molecule has 0 heterocycles. The number of phosphoric ester groups is 2. The lowest BCUT2D eigenvalue weighted by Crippen LogP contribution is -2.30. The van der Waals surface area contributed by atoms with Crippen molar-refractivity contribution < 1.29 is 80.2 Å². The number of rotatable bonds is 79. The van der Waals surface area contributed by atoms with E-state index in [9.17, 15) is 43.2 Å². The van der Waals surface area contributed by atoms with Crippen LogP contribution in [-0.2, 0) is 65.4 Å². The normalized spacial score (nSPS) is 14.1. The molecule has 0 saturated heterocycles. The van der Waals surface area contributed by atoms with Crippen LogP contribution in [0.2, 0.25) is 0 Å². The van der Waals surface area contributed by atoms with Gasteiger partial charge in [0.15, 0.2) is 12.2 Å². The molecule has 0 rings (SSSR count). The highest BCUT2D eigenvalue weighted by Gasteiger charge is 2.30. The Labute approximate surface area is 622 Å². The van der Waals surface area contributed by atoms with E-state index >= 15 is 0 Å². The molecule has 0 amide bonds. The molecule has 102 heavy (non-hydrogen) atoms. The first-order valence-corrected chi connectivity index (χ1v) is 44.5. The summed E-state index contributed by atoms with van der Waals surface area (Å²) in [4.78, 5) is 73.1. The summed E-state index contributed by atoms with van der Waals surface area (Å²) in [5.74, 6) is -2.17. The van der Waals surface area contributed by atoms with E-state index in [1.807, 2.05) is 0 Å². The van der Waals surface area contributed by atoms with E-state index in [2.05, 4.69) is 88.5 Å². The van der Waals surface area contributed by atoms with Crippen LogP contribution in [0.5, 0.6) is 0 Å². The van der Waals surface area contributed by atoms with E-state index in [-0.39, 0.29) is 25.7 Å². The molecule has 0 spiro atoms. The van der Waals surface area contributed by atoms with E-state index in [1.165, 1.54) is 141 Å². The van der Waals surface area contributed by atoms with Crippen molar-refractivity contribution >= 4 is 39.5 Å². The molecule has 0 aromatic heterocycles. The monoisotopic (exact) mass is 1480 g/mol. The third-order valence-electron chi connectivity index (χ3n) is 17.9. The zero-order valence-corrected chi connectivity index (χ0v) is 67.1. The number of phosphoric acid groups is 2. The lowest BCUT2D eigenvalue weighted by molar-refractivity contribution is -0.161. The van der Waals surface area contributed by atoms with E-state index in [0.717, 1.165) is 167 Å². The quantitative estimate of drug-likeness (QED) is 0.0169. The van der Waals surface area contributed by atoms with Gasteiger partial charge in [-0.1, -0.05) is 288 Å². The first kappa shape index (κ1) is 98.8. The third kappa shape index (κ3) is 75.0. The van der Waals surface area contributed by atoms with Gasteiger partial charge in [-0.2, -0.15) is 0 Å². The summed E-state index contributed by atoms with van der Waals surface area (Å²) < 4.78 is 68.7. The van der Waals surface area contributed by atoms with E-state index < -0.39 is 97.5 Å². The van der Waals surface area contributed by atoms with Crippen molar-refractivity contribution in [3.05, 3.63) is 60.8 Å². The second-order valence-electron chi connectivity index (χ2n) is 28.1. The van der Waals surface area contributed by atoms with E-state index in [1.54, 1.807) is 0 Å². The van der Waals surface area contributed by atoms with E-state index in [0.29, 0.717) is 25.7 Å². The molecule has 0 aromatic carbocycles. The maximum Gasteiger partial charge on any atom is 0.472 e. The second kappa shape index (κ2) is 76.0. The van der Waals surface area contributed by atoms with Crippen LogP contribution in [0.1, 0.15) is 387 Å². The second-order valence-corrected chi connectivity index (χ2v) is 31.0. The third-order valence-corrected chi connectivity index (χ3v) is 19.8. The number of unbranched alkanes of at least 4 members (excludes halogenated alkanes) is 43. The minimum absolute atomic E-state index is 0.0820. The Morgan fingerprint density at radius 1 is 0.275 bits per heavy atom. The first-order valence-electron chi connectivity index (χ1n) is 41.5. The smallest absolute Gasteiger partial charge is 0.462 e. The predicted molar refractivity (Wildman–Crippen MR) is 418 cm³/mol. The molecule has 0 aliphatic carbocycles. The Morgan fingerprint density at radius 3 is 0.765 bits per heavy atom. The van der Waals surface area contributed by atoms with Gasteiger partial charge in [-0.15, -0.1) is 0 Å². The van der Waals surface area contributed by atoms with Crippen molar-refractivity contribution in [3.63, 3.8) is 0 Å². The Bertz CT molecular complexity index is 2170. The average Bonchev–Trinajstić information content (AvgIpc) is 0.919. The SMILES string of the molecule is CCCCC/C=C\C/C=C\CCCCCCCC(=O)O[C@H](COC(=O)CCCCCCCCC/C=C\CCCCCCCC)COP(=O)(O)OCC(O)COP(=O)(O)OC[C@@H](COC(=O)CCCCCCC/C=C\CCCCCCCC)OC(=O)CCCCCCCCC/C=C\CCCCCC. The summed E-state index contributed by atoms with van der Waals surface area (Å²) in [5.41, 5.74) is 0. The van der Waals surface area contributed by atoms with Crippen LogP contribution in [-0.4, -0.2) is 96.7 Å². The summed E-state index contributed by atoms with van der Waals surface area (Å²) in [6.07, 6.45) is 76.1. The topological polar surface area (TPSA) is 237 Å². The van der Waals surface area contributed by atoms with Crippen molar-refractivity contribution in [3.8, 4) is 0 Å². The van der Waals surface area contributed by atoms with Gasteiger partial charge in [0, 0.05) is 25.7 Å². The van der Waals surface area contributed by atoms with Gasteiger partial charge in [0.2, 0.25) is 0 Å². The van der Waals surface area contributed by atoms with Crippen molar-refractivity contribution in [2.75, 3.05) is 39.6 Å². The van der Waals surface area contributed by atoms with Crippen molar-refractivity contribution in [1.29, 1.82) is 0 Å². The Hall–Kier alpha value is -3.24. The molecule has 0 aromatic rings. The Kier molecular flexibility index (Phi) is 73.6. The zero-order chi connectivity index (χ0) is 74.6. The van der Waals surface area contributed by atoms with E-state index in [4.69, 9.17) is 37.0 Å². The van der Waals surface area contributed by atoms with Gasteiger partial charge >= 0.3 is 39.5 Å². The Morgan fingerprint density at radius 2 is 0.480 bits per heavy atom. The number of allylic oxidation sites excluding steroid dienone is 10. The molecule has 0 radical (unpaired) electrons. The summed E-state index contributed by atoms with van der Waals surface area (Å²) >= 11 is 0. The molecule has 596 valence electrons. The molecule has 19 heteroatoms. The lowest BCUT2D eigenvalue weighted by Gasteiger charge is -2.21. The highest BCUT2D eigenvalue weighted by molar-refractivity contribution is 7.47. The van der Waals surface area contributed by atoms with Crippen molar-refractivity contribution in [2.24, 2.45) is 0 Å². The number of carbonyl (C=O) groups excluding carboxylic acids is 4. The summed E-state index contributed by atoms with van der Waals surface area (Å²) in [6, 6.07) is 0. The number of carbonyl (C=O) groups is 4. The lowest BCUT2D eigenvalue weighted by atomic mass is 10.1. The molecule has 0 fully saturated rings. The van der Waals surface area contributed by atoms with Gasteiger partial charge in [0.05, 0.1) is 26.4 Å². The van der Waals surface area contributed by atoms with Crippen LogP contribution in [0.3, 0.4) is 0 Å². The van der Waals surface area contributed by atoms with Crippen LogP contribution in [0.25, 0.3) is 0 Å². The van der Waals surface area contributed by atoms with Gasteiger partial charge < -0.3 is 33.8 Å². The number of esters is 4. The van der Waals surface area contributed by atoms with Crippen LogP contribution < -0.4 is 0 Å². The zero-order valence-electron chi connectivity index (χ0n) is 65.3. The molecule has 3 unspecified atom stereocenters. The van der Waals surface area contributed by atoms with Gasteiger partial charge in [-0.25, -0.2) is 9.13 Å². The molecular formula is C83H152O17P2. The van der Waals surface area contributed by atoms with Gasteiger partial charge in [-0.3, -0.25) is 37.3 Å². The maximum atomic E-state index is 13.1. The van der Waals surface area contributed by atoms with Crippen molar-refractivity contribution in [1.82, 2.24) is 0 Å². The molecule has 0 aliphatic rings. The molecule has 17 nitrogen and oxygen atoms in total. The maximum absolute atomic E-state index is 13.1. The molecule has 5 atom stereocenters. The van der Waals surface area contributed by atoms with Gasteiger partial charge in [0.1, 0.15) is 19.3 Å². The molecule has 0 aliphatic heterocycles. The predicted octanol–water partition coefficient (Wildman–Crippen LogP) is 24.2. The number of hydrogen-bond acceptors (Lipinski definition) is 15. The van der Waals surface area contributed by atoms with Gasteiger partial charge in [0.25, 0.3) is 0 Å². The van der Waals surface area contributed by atoms with Crippen LogP contribution in [0.15, 0.2) is 60.8 Å². The van der Waals surface area contributed by atoms with Crippen LogP contribution in [0, 0.1) is 0 Å². The number of hydrogen-bond donors (Lipinski definition) is 3. The largest absolute Gasteiger partial charge is 0.472 e. The summed E-state index contributed by atoms with van der Waals surface area (Å²) in [7, 11) is -9.95. The highest BCUT2D eigenvalue weighted by atomic mass is 31.2. The fraction of sp³-hybridized carbons (Fsp3) is 0.831. The number of aliphatic hydroxyl groups is 1. The average molecular weight is 1480 g/mol. The molecule has 0 saturated carbocycles. The molecule has 0 bridgehead atoms. The molecule has 3 N–H and O–H groups in total.